The molecule has 0 atom stereocenters. The maximum absolute atomic E-state index is 10.4. The molecule has 0 aromatic carbocycles. The maximum Gasteiger partial charge on any atom is 0.386 e. The molecule has 0 saturated carbocycles. The normalized spacial score (nSPS) is 9.44. The number of hydrogen-bond acceptors (Lipinski definition) is 1. The van der Waals surface area contributed by atoms with Crippen LogP contribution in [0.3, 0.4) is 0 Å². The van der Waals surface area contributed by atoms with E-state index in [-0.39, 0.29) is 12.8 Å². The zero-order chi connectivity index (χ0) is 8.08. The van der Waals surface area contributed by atoms with Crippen molar-refractivity contribution in [3.8, 4) is 0 Å². The summed E-state index contributed by atoms with van der Waals surface area (Å²) in [6, 6.07) is 0. The summed E-state index contributed by atoms with van der Waals surface area (Å²) in [6.07, 6.45) is -4.00. The van der Waals surface area contributed by atoms with E-state index in [1.54, 1.807) is 0 Å². The molecule has 2 nitrogen and oxygen atoms in total. The molecular formula is C4H9F3N2. The number of nitrogens with two attached hydrogens (primary N) is 1. The quantitative estimate of drug-likeness (QED) is 0.391. The summed E-state index contributed by atoms with van der Waals surface area (Å²) in [5, 5.41) is 6.28. The molecule has 0 aliphatic carbocycles. The van der Waals surface area contributed by atoms with E-state index in [0.29, 0.717) is 0 Å². The molecule has 9 heavy (non-hydrogen) atoms. The van der Waals surface area contributed by atoms with E-state index in [1.165, 1.54) is 6.92 Å². The fourth-order valence-electron chi connectivity index (χ4n) is 0. The Morgan fingerprint density at radius 2 is 1.44 bits per heavy atom. The van der Waals surface area contributed by atoms with Crippen LogP contribution in [0.15, 0.2) is 0 Å². The molecule has 0 fully saturated rings. The third-order valence-electron chi connectivity index (χ3n) is 0. The average molecular weight is 142 g/mol. The third kappa shape index (κ3) is 367. The minimum atomic E-state index is -4.00. The van der Waals surface area contributed by atoms with Gasteiger partial charge >= 0.3 is 6.18 Å². The number of hydrogen-bond donors (Lipinski definition) is 2. The van der Waals surface area contributed by atoms with Gasteiger partial charge in [-0.25, -0.2) is 0 Å². The van der Waals surface area contributed by atoms with Gasteiger partial charge in [0.15, 0.2) is 0 Å². The zero-order valence-corrected chi connectivity index (χ0v) is 5.21. The van der Waals surface area contributed by atoms with Crippen LogP contribution in [0.4, 0.5) is 13.2 Å². The SMILES string of the molecule is CC(=N)N.CC(F)(F)F. The fourth-order valence-corrected chi connectivity index (χ4v) is 0. The highest BCUT2D eigenvalue weighted by Gasteiger charge is 2.15. The Labute approximate surface area is 51.4 Å². The van der Waals surface area contributed by atoms with Crippen molar-refractivity contribution in [1.29, 1.82) is 5.41 Å². The monoisotopic (exact) mass is 142 g/mol. The first-order chi connectivity index (χ1) is 3.73. The molecule has 0 rings (SSSR count). The molecule has 0 aliphatic rings. The van der Waals surface area contributed by atoms with Crippen LogP contribution in [-0.2, 0) is 0 Å². The first-order valence-corrected chi connectivity index (χ1v) is 2.11. The molecule has 0 saturated heterocycles. The number of halogens is 3. The van der Waals surface area contributed by atoms with Crippen molar-refractivity contribution in [3.63, 3.8) is 0 Å². The van der Waals surface area contributed by atoms with Crippen molar-refractivity contribution < 1.29 is 13.2 Å². The van der Waals surface area contributed by atoms with Crippen LogP contribution in [0.2, 0.25) is 0 Å². The third-order valence-corrected chi connectivity index (χ3v) is 0. The van der Waals surface area contributed by atoms with Gasteiger partial charge in [0.1, 0.15) is 0 Å². The Hall–Kier alpha value is -0.740. The van der Waals surface area contributed by atoms with Crippen LogP contribution in [0, 0.1) is 5.41 Å². The predicted octanol–water partition coefficient (Wildman–Crippen LogP) is 1.51. The lowest BCUT2D eigenvalue weighted by Crippen LogP contribution is -2.00. The fraction of sp³-hybridized carbons (Fsp3) is 0.750. The second kappa shape index (κ2) is 4.17. The number of nitrogens with one attached hydrogen (secondary N) is 1. The van der Waals surface area contributed by atoms with E-state index in [4.69, 9.17) is 11.1 Å². The Morgan fingerprint density at radius 1 is 1.44 bits per heavy atom. The van der Waals surface area contributed by atoms with Gasteiger partial charge in [0.05, 0.1) is 5.84 Å². The second-order valence-electron chi connectivity index (χ2n) is 1.46. The molecule has 5 heteroatoms. The maximum atomic E-state index is 10.4. The molecule has 0 heterocycles. The van der Waals surface area contributed by atoms with Crippen molar-refractivity contribution in [2.24, 2.45) is 5.73 Å². The van der Waals surface area contributed by atoms with Crippen LogP contribution in [0.25, 0.3) is 0 Å². The standard InChI is InChI=1S/C2H3F3.C2H6N2/c1-2(3,4)5;1-2(3)4/h1H3;1H3,(H3,3,4). The van der Waals surface area contributed by atoms with Crippen molar-refractivity contribution in [3.05, 3.63) is 0 Å². The van der Waals surface area contributed by atoms with E-state index in [1.807, 2.05) is 0 Å². The highest BCUT2D eigenvalue weighted by molar-refractivity contribution is 5.73. The van der Waals surface area contributed by atoms with Crippen LogP contribution in [-0.4, -0.2) is 12.0 Å². The Bertz CT molecular complexity index is 76.3. The summed E-state index contributed by atoms with van der Waals surface area (Å²) >= 11 is 0. The van der Waals surface area contributed by atoms with E-state index in [0.717, 1.165) is 0 Å². The average Bonchev–Trinajstić information content (AvgIpc) is 1.19. The largest absolute Gasteiger partial charge is 0.388 e. The highest BCUT2D eigenvalue weighted by atomic mass is 19.4. The van der Waals surface area contributed by atoms with E-state index in [2.05, 4.69) is 0 Å². The summed E-state index contributed by atoms with van der Waals surface area (Å²) in [5.41, 5.74) is 4.69. The lowest BCUT2D eigenvalue weighted by atomic mass is 10.8. The van der Waals surface area contributed by atoms with Gasteiger partial charge < -0.3 is 5.73 Å². The van der Waals surface area contributed by atoms with E-state index < -0.39 is 6.18 Å². The van der Waals surface area contributed by atoms with Crippen molar-refractivity contribution >= 4 is 5.84 Å². The summed E-state index contributed by atoms with van der Waals surface area (Å²) in [6.45, 7) is 1.72. The van der Waals surface area contributed by atoms with Gasteiger partial charge in [0, 0.05) is 6.92 Å². The molecule has 56 valence electrons. The highest BCUT2D eigenvalue weighted by Crippen LogP contribution is 2.10. The summed E-state index contributed by atoms with van der Waals surface area (Å²) in [7, 11) is 0. The first kappa shape index (κ1) is 11.1. The second-order valence-corrected chi connectivity index (χ2v) is 1.46. The zero-order valence-electron chi connectivity index (χ0n) is 5.21. The molecule has 0 unspecified atom stereocenters. The summed E-state index contributed by atoms with van der Waals surface area (Å²) in [5.74, 6) is 0.167. The van der Waals surface area contributed by atoms with Crippen molar-refractivity contribution in [2.45, 2.75) is 20.0 Å². The minimum absolute atomic E-state index is 0.167. The molecular weight excluding hydrogens is 133 g/mol. The van der Waals surface area contributed by atoms with E-state index in [9.17, 15) is 13.2 Å². The van der Waals surface area contributed by atoms with Crippen LogP contribution >= 0.6 is 0 Å². The Balaban J connectivity index is 0. The molecule has 0 spiro atoms. The van der Waals surface area contributed by atoms with Gasteiger partial charge in [-0.3, -0.25) is 5.41 Å². The smallest absolute Gasteiger partial charge is 0.386 e. The minimum Gasteiger partial charge on any atom is -0.388 e. The van der Waals surface area contributed by atoms with Crippen LogP contribution in [0.5, 0.6) is 0 Å². The molecule has 0 amide bonds. The number of rotatable bonds is 0. The summed E-state index contributed by atoms with van der Waals surface area (Å²) in [4.78, 5) is 0. The van der Waals surface area contributed by atoms with Crippen molar-refractivity contribution in [1.82, 2.24) is 0 Å². The van der Waals surface area contributed by atoms with Crippen LogP contribution in [0.1, 0.15) is 13.8 Å². The van der Waals surface area contributed by atoms with Crippen molar-refractivity contribution in [2.75, 3.05) is 0 Å². The van der Waals surface area contributed by atoms with Gasteiger partial charge in [-0.15, -0.1) is 0 Å². The lowest BCUT2D eigenvalue weighted by molar-refractivity contribution is -0.110. The molecule has 0 aromatic heterocycles. The molecule has 0 aromatic rings. The molecule has 3 N–H and O–H groups in total. The Kier molecular flexibility index (Phi) is 5.15. The lowest BCUT2D eigenvalue weighted by Gasteiger charge is -1.88. The molecule has 0 radical (unpaired) electrons. The molecule has 0 aliphatic heterocycles. The predicted molar refractivity (Wildman–Crippen MR) is 29.3 cm³/mol. The first-order valence-electron chi connectivity index (χ1n) is 2.11. The number of alkyl halides is 3. The number of amidine groups is 1. The van der Waals surface area contributed by atoms with Gasteiger partial charge in [0.2, 0.25) is 0 Å². The van der Waals surface area contributed by atoms with Gasteiger partial charge in [0.25, 0.3) is 0 Å². The van der Waals surface area contributed by atoms with Crippen LogP contribution < -0.4 is 5.73 Å². The molecule has 0 bridgehead atoms. The Morgan fingerprint density at radius 3 is 1.44 bits per heavy atom. The topological polar surface area (TPSA) is 49.9 Å². The van der Waals surface area contributed by atoms with Gasteiger partial charge in [-0.05, 0) is 6.92 Å². The van der Waals surface area contributed by atoms with E-state index >= 15 is 0 Å². The summed E-state index contributed by atoms with van der Waals surface area (Å²) < 4.78 is 31.1. The van der Waals surface area contributed by atoms with Gasteiger partial charge in [-0.2, -0.15) is 13.2 Å². The van der Waals surface area contributed by atoms with Gasteiger partial charge in [-0.1, -0.05) is 0 Å².